The van der Waals surface area contributed by atoms with Crippen molar-refractivity contribution < 1.29 is 9.26 Å². The predicted molar refractivity (Wildman–Crippen MR) is 124 cm³/mol. The number of hydrogen-bond acceptors (Lipinski definition) is 8. The standard InChI is InChI=1S/C25H22N8O2/c1-15-5-8-19-18(10-15)24-30-29-21(13-34-12-17-4-2-3-9-26-17)32(24)11-20-22(27-14-33(19)20)23-28-25(35-31-23)16-6-7-16/h2-5,8-10,14,16H,6-7,11-13H2,1H3. The van der Waals surface area contributed by atoms with Gasteiger partial charge in [0.1, 0.15) is 18.6 Å². The van der Waals surface area contributed by atoms with Crippen molar-refractivity contribution in [2.75, 3.05) is 0 Å². The summed E-state index contributed by atoms with van der Waals surface area (Å²) in [6.45, 7) is 3.28. The van der Waals surface area contributed by atoms with E-state index < -0.39 is 0 Å². The fourth-order valence-electron chi connectivity index (χ4n) is 4.47. The number of aryl methyl sites for hydroxylation is 1. The first kappa shape index (κ1) is 20.2. The minimum absolute atomic E-state index is 0.308. The summed E-state index contributed by atoms with van der Waals surface area (Å²) in [6.07, 6.45) is 5.78. The average molecular weight is 467 g/mol. The molecule has 5 heterocycles. The van der Waals surface area contributed by atoms with E-state index >= 15 is 0 Å². The third-order valence-corrected chi connectivity index (χ3v) is 6.44. The van der Waals surface area contributed by atoms with Crippen LogP contribution in [0.25, 0.3) is 28.6 Å². The van der Waals surface area contributed by atoms with Crippen molar-refractivity contribution in [3.63, 3.8) is 0 Å². The molecule has 0 radical (unpaired) electrons. The largest absolute Gasteiger partial charge is 0.367 e. The summed E-state index contributed by atoms with van der Waals surface area (Å²) in [5.41, 5.74) is 5.64. The number of hydrogen-bond donors (Lipinski definition) is 0. The van der Waals surface area contributed by atoms with Crippen LogP contribution in [0.3, 0.4) is 0 Å². The monoisotopic (exact) mass is 466 g/mol. The van der Waals surface area contributed by atoms with Crippen LogP contribution in [-0.2, 0) is 24.5 Å². The van der Waals surface area contributed by atoms with E-state index in [0.717, 1.165) is 52.7 Å². The molecule has 1 aromatic carbocycles. The zero-order chi connectivity index (χ0) is 23.4. The minimum Gasteiger partial charge on any atom is -0.367 e. The Labute approximate surface area is 200 Å². The van der Waals surface area contributed by atoms with Crippen LogP contribution in [0.4, 0.5) is 0 Å². The molecule has 0 saturated heterocycles. The lowest BCUT2D eigenvalue weighted by atomic mass is 10.1. The van der Waals surface area contributed by atoms with E-state index in [1.807, 2.05) is 24.5 Å². The first-order chi connectivity index (χ1) is 17.2. The molecule has 1 fully saturated rings. The van der Waals surface area contributed by atoms with E-state index in [4.69, 9.17) is 14.2 Å². The Bertz CT molecular complexity index is 1530. The molecule has 0 bridgehead atoms. The molecule has 2 aliphatic rings. The second-order valence-electron chi connectivity index (χ2n) is 9.00. The van der Waals surface area contributed by atoms with Gasteiger partial charge in [0.15, 0.2) is 11.6 Å². The zero-order valence-electron chi connectivity index (χ0n) is 19.1. The third kappa shape index (κ3) is 3.53. The summed E-state index contributed by atoms with van der Waals surface area (Å²) in [7, 11) is 0. The molecule has 0 atom stereocenters. The number of benzene rings is 1. The predicted octanol–water partition coefficient (Wildman–Crippen LogP) is 3.84. The highest BCUT2D eigenvalue weighted by atomic mass is 16.5. The maximum absolute atomic E-state index is 5.96. The Hall–Kier alpha value is -4.18. The maximum Gasteiger partial charge on any atom is 0.230 e. The molecule has 1 aliphatic heterocycles. The second-order valence-corrected chi connectivity index (χ2v) is 9.00. The number of nitrogens with zero attached hydrogens (tertiary/aromatic N) is 8. The Morgan fingerprint density at radius 3 is 2.89 bits per heavy atom. The molecule has 7 rings (SSSR count). The van der Waals surface area contributed by atoms with Crippen molar-refractivity contribution in [1.29, 1.82) is 0 Å². The van der Waals surface area contributed by atoms with Gasteiger partial charge in [-0.25, -0.2) is 4.98 Å². The molecular formula is C25H22N8O2. The molecule has 5 aromatic rings. The van der Waals surface area contributed by atoms with Crippen LogP contribution < -0.4 is 0 Å². The summed E-state index contributed by atoms with van der Waals surface area (Å²) in [4.78, 5) is 13.7. The minimum atomic E-state index is 0.308. The topological polar surface area (TPSA) is 110 Å². The summed E-state index contributed by atoms with van der Waals surface area (Å²) in [6, 6.07) is 12.1. The van der Waals surface area contributed by atoms with Gasteiger partial charge >= 0.3 is 0 Å². The summed E-state index contributed by atoms with van der Waals surface area (Å²) < 4.78 is 15.7. The van der Waals surface area contributed by atoms with Crippen LogP contribution in [0.5, 0.6) is 0 Å². The van der Waals surface area contributed by atoms with Crippen LogP contribution in [0.2, 0.25) is 0 Å². The van der Waals surface area contributed by atoms with Crippen LogP contribution >= 0.6 is 0 Å². The van der Waals surface area contributed by atoms with E-state index in [2.05, 4.69) is 59.6 Å². The van der Waals surface area contributed by atoms with E-state index in [0.29, 0.717) is 43.1 Å². The van der Waals surface area contributed by atoms with Crippen molar-refractivity contribution in [1.82, 2.24) is 39.4 Å². The average Bonchev–Trinajstić information content (AvgIpc) is 3.31. The van der Waals surface area contributed by atoms with Crippen LogP contribution in [0, 0.1) is 6.92 Å². The molecular weight excluding hydrogens is 444 g/mol. The van der Waals surface area contributed by atoms with Gasteiger partial charge in [0.2, 0.25) is 11.7 Å². The molecule has 35 heavy (non-hydrogen) atoms. The van der Waals surface area contributed by atoms with Gasteiger partial charge in [-0.1, -0.05) is 22.9 Å². The van der Waals surface area contributed by atoms with Crippen molar-refractivity contribution in [2.45, 2.75) is 45.4 Å². The van der Waals surface area contributed by atoms with Gasteiger partial charge in [0.05, 0.1) is 30.2 Å². The lowest BCUT2D eigenvalue weighted by Crippen LogP contribution is -2.10. The lowest BCUT2D eigenvalue weighted by molar-refractivity contribution is 0.0969. The van der Waals surface area contributed by atoms with Crippen molar-refractivity contribution >= 4 is 0 Å². The normalized spacial score (nSPS) is 14.3. The Kier molecular flexibility index (Phi) is 4.59. The van der Waals surface area contributed by atoms with Gasteiger partial charge in [-0.05, 0) is 44.0 Å². The number of aromatic nitrogens is 8. The molecule has 0 N–H and O–H groups in total. The molecule has 0 amide bonds. The number of pyridine rings is 1. The molecule has 10 nitrogen and oxygen atoms in total. The first-order valence-corrected chi connectivity index (χ1v) is 11.7. The van der Waals surface area contributed by atoms with E-state index in [1.54, 1.807) is 6.20 Å². The van der Waals surface area contributed by atoms with Crippen LogP contribution in [-0.4, -0.2) is 39.4 Å². The first-order valence-electron chi connectivity index (χ1n) is 11.7. The molecule has 0 unspecified atom stereocenters. The van der Waals surface area contributed by atoms with E-state index in [1.165, 1.54) is 0 Å². The molecule has 174 valence electrons. The van der Waals surface area contributed by atoms with Crippen LogP contribution in [0.15, 0.2) is 53.4 Å². The number of ether oxygens (including phenoxy) is 1. The highest BCUT2D eigenvalue weighted by Gasteiger charge is 2.32. The van der Waals surface area contributed by atoms with Crippen molar-refractivity contribution in [2.24, 2.45) is 0 Å². The molecule has 1 saturated carbocycles. The van der Waals surface area contributed by atoms with Crippen LogP contribution in [0.1, 0.15) is 47.4 Å². The lowest BCUT2D eigenvalue weighted by Gasteiger charge is -2.09. The van der Waals surface area contributed by atoms with Gasteiger partial charge in [-0.3, -0.25) is 9.55 Å². The Morgan fingerprint density at radius 2 is 2.03 bits per heavy atom. The summed E-state index contributed by atoms with van der Waals surface area (Å²) >= 11 is 0. The summed E-state index contributed by atoms with van der Waals surface area (Å²) in [5.74, 6) is 3.12. The maximum atomic E-state index is 5.96. The summed E-state index contributed by atoms with van der Waals surface area (Å²) in [5, 5.41) is 13.3. The van der Waals surface area contributed by atoms with E-state index in [-0.39, 0.29) is 0 Å². The van der Waals surface area contributed by atoms with Gasteiger partial charge in [0, 0.05) is 17.7 Å². The molecule has 10 heteroatoms. The highest BCUT2D eigenvalue weighted by molar-refractivity contribution is 5.71. The highest BCUT2D eigenvalue weighted by Crippen LogP contribution is 2.40. The van der Waals surface area contributed by atoms with Crippen molar-refractivity contribution in [3.8, 4) is 28.6 Å². The fourth-order valence-corrected chi connectivity index (χ4v) is 4.47. The zero-order valence-corrected chi connectivity index (χ0v) is 19.1. The Morgan fingerprint density at radius 1 is 1.09 bits per heavy atom. The number of imidazole rings is 1. The SMILES string of the molecule is Cc1ccc2c(c1)-c1nnc(COCc3ccccn3)n1Cc1c(-c3noc(C4CC4)n3)ncn1-2. The molecule has 1 aliphatic carbocycles. The van der Waals surface area contributed by atoms with E-state index in [9.17, 15) is 0 Å². The molecule has 4 aromatic heterocycles. The van der Waals surface area contributed by atoms with Crippen molar-refractivity contribution in [3.05, 3.63) is 77.6 Å². The number of fused-ring (bicyclic) bond motifs is 5. The van der Waals surface area contributed by atoms with Gasteiger partial charge in [-0.15, -0.1) is 10.2 Å². The number of rotatable bonds is 6. The molecule has 0 spiro atoms. The van der Waals surface area contributed by atoms with Gasteiger partial charge in [0.25, 0.3) is 0 Å². The van der Waals surface area contributed by atoms with Gasteiger partial charge in [-0.2, -0.15) is 4.98 Å². The second kappa shape index (κ2) is 7.95. The quantitative estimate of drug-likeness (QED) is 0.364. The third-order valence-electron chi connectivity index (χ3n) is 6.44. The Balaban J connectivity index is 1.29. The smallest absolute Gasteiger partial charge is 0.230 e. The fraction of sp³-hybridized carbons (Fsp3) is 0.280. The van der Waals surface area contributed by atoms with Gasteiger partial charge < -0.3 is 13.8 Å².